The van der Waals surface area contributed by atoms with E-state index in [2.05, 4.69) is 4.98 Å². The van der Waals surface area contributed by atoms with Gasteiger partial charge in [-0.25, -0.2) is 0 Å². The smallest absolute Gasteiger partial charge is 0.311 e. The number of pyridine rings is 1. The van der Waals surface area contributed by atoms with E-state index in [-0.39, 0.29) is 19.1 Å². The first-order valence-corrected chi connectivity index (χ1v) is 6.16. The topological polar surface area (TPSA) is 79.7 Å². The molecule has 1 fully saturated rings. The minimum absolute atomic E-state index is 0.153. The summed E-state index contributed by atoms with van der Waals surface area (Å²) in [6.45, 7) is 2.69. The molecule has 0 bridgehead atoms. The number of aromatic nitrogens is 1. The third-order valence-electron chi connectivity index (χ3n) is 3.30. The van der Waals surface area contributed by atoms with E-state index in [1.165, 1.54) is 0 Å². The van der Waals surface area contributed by atoms with E-state index in [9.17, 15) is 9.59 Å². The minimum atomic E-state index is -0.927. The van der Waals surface area contributed by atoms with Gasteiger partial charge in [0.15, 0.2) is 0 Å². The predicted octanol–water partition coefficient (Wildman–Crippen LogP) is 0.643. The number of nitrogens with zero attached hydrogens (tertiary/aromatic N) is 2. The highest BCUT2D eigenvalue weighted by molar-refractivity contribution is 5.94. The fourth-order valence-corrected chi connectivity index (χ4v) is 2.28. The highest BCUT2D eigenvalue weighted by Gasteiger charge is 2.39. The SMILES string of the molecule is CCN(C(=O)c1ccncc1)C1COCC1C(=O)O. The van der Waals surface area contributed by atoms with Crippen LogP contribution in [0.1, 0.15) is 17.3 Å². The van der Waals surface area contributed by atoms with Gasteiger partial charge in [-0.05, 0) is 19.1 Å². The lowest BCUT2D eigenvalue weighted by atomic mass is 10.0. The number of rotatable bonds is 4. The quantitative estimate of drug-likeness (QED) is 0.863. The zero-order chi connectivity index (χ0) is 13.8. The summed E-state index contributed by atoms with van der Waals surface area (Å²) in [4.78, 5) is 29.0. The van der Waals surface area contributed by atoms with Crippen LogP contribution < -0.4 is 0 Å². The van der Waals surface area contributed by atoms with E-state index in [1.807, 2.05) is 6.92 Å². The van der Waals surface area contributed by atoms with Crippen LogP contribution in [0.15, 0.2) is 24.5 Å². The second-order valence-corrected chi connectivity index (χ2v) is 4.38. The van der Waals surface area contributed by atoms with E-state index in [1.54, 1.807) is 29.4 Å². The first-order valence-electron chi connectivity index (χ1n) is 6.16. The average molecular weight is 264 g/mol. The van der Waals surface area contributed by atoms with Gasteiger partial charge in [0.25, 0.3) is 5.91 Å². The largest absolute Gasteiger partial charge is 0.481 e. The molecule has 0 radical (unpaired) electrons. The van der Waals surface area contributed by atoms with Crippen molar-refractivity contribution in [3.05, 3.63) is 30.1 Å². The molecule has 2 heterocycles. The fourth-order valence-electron chi connectivity index (χ4n) is 2.28. The van der Waals surface area contributed by atoms with Crippen LogP contribution in [-0.2, 0) is 9.53 Å². The number of amides is 1. The van der Waals surface area contributed by atoms with E-state index in [0.717, 1.165) is 0 Å². The van der Waals surface area contributed by atoms with Crippen LogP contribution in [0.2, 0.25) is 0 Å². The zero-order valence-electron chi connectivity index (χ0n) is 10.7. The summed E-state index contributed by atoms with van der Waals surface area (Å²) in [6, 6.07) is 2.83. The number of aliphatic carboxylic acids is 1. The molecule has 0 spiro atoms. The Hall–Kier alpha value is -1.95. The van der Waals surface area contributed by atoms with Crippen molar-refractivity contribution in [2.45, 2.75) is 13.0 Å². The summed E-state index contributed by atoms with van der Waals surface area (Å²) < 4.78 is 5.21. The first-order chi connectivity index (χ1) is 9.15. The monoisotopic (exact) mass is 264 g/mol. The summed E-state index contributed by atoms with van der Waals surface area (Å²) in [5, 5.41) is 9.15. The molecule has 1 saturated heterocycles. The van der Waals surface area contributed by atoms with E-state index >= 15 is 0 Å². The number of carbonyl (C=O) groups is 2. The second kappa shape index (κ2) is 5.79. The van der Waals surface area contributed by atoms with E-state index in [0.29, 0.717) is 12.1 Å². The molecule has 6 heteroatoms. The van der Waals surface area contributed by atoms with Gasteiger partial charge in [-0.3, -0.25) is 14.6 Å². The molecule has 2 atom stereocenters. The van der Waals surface area contributed by atoms with Crippen molar-refractivity contribution in [2.75, 3.05) is 19.8 Å². The van der Waals surface area contributed by atoms with Crippen LogP contribution in [0.3, 0.4) is 0 Å². The number of ether oxygens (including phenoxy) is 1. The van der Waals surface area contributed by atoms with E-state index < -0.39 is 17.9 Å². The van der Waals surface area contributed by atoms with Crippen molar-refractivity contribution in [1.82, 2.24) is 9.88 Å². The van der Waals surface area contributed by atoms with Crippen LogP contribution >= 0.6 is 0 Å². The first kappa shape index (κ1) is 13.5. The number of carboxylic acids is 1. The Morgan fingerprint density at radius 3 is 2.68 bits per heavy atom. The zero-order valence-corrected chi connectivity index (χ0v) is 10.7. The summed E-state index contributed by atoms with van der Waals surface area (Å²) in [6.07, 6.45) is 3.09. The van der Waals surface area contributed by atoms with Crippen molar-refractivity contribution in [3.8, 4) is 0 Å². The third-order valence-corrected chi connectivity index (χ3v) is 3.30. The maximum absolute atomic E-state index is 12.4. The summed E-state index contributed by atoms with van der Waals surface area (Å²) in [5.74, 6) is -1.78. The molecular weight excluding hydrogens is 248 g/mol. The molecule has 1 N–H and O–H groups in total. The van der Waals surface area contributed by atoms with Gasteiger partial charge in [-0.1, -0.05) is 0 Å². The van der Waals surface area contributed by atoms with Crippen LogP contribution in [0.25, 0.3) is 0 Å². The van der Waals surface area contributed by atoms with Gasteiger partial charge >= 0.3 is 5.97 Å². The Labute approximate surface area is 111 Å². The molecule has 1 aliphatic rings. The molecule has 102 valence electrons. The van der Waals surface area contributed by atoms with Gasteiger partial charge in [-0.15, -0.1) is 0 Å². The highest BCUT2D eigenvalue weighted by atomic mass is 16.5. The van der Waals surface area contributed by atoms with E-state index in [4.69, 9.17) is 9.84 Å². The molecule has 2 unspecified atom stereocenters. The van der Waals surface area contributed by atoms with Crippen LogP contribution in [0.5, 0.6) is 0 Å². The summed E-state index contributed by atoms with van der Waals surface area (Å²) >= 11 is 0. The molecule has 1 aliphatic heterocycles. The van der Waals surface area contributed by atoms with Gasteiger partial charge < -0.3 is 14.7 Å². The number of carbonyl (C=O) groups excluding carboxylic acids is 1. The van der Waals surface area contributed by atoms with Gasteiger partial charge in [0.2, 0.25) is 0 Å². The molecule has 0 aliphatic carbocycles. The molecule has 19 heavy (non-hydrogen) atoms. The van der Waals surface area contributed by atoms with Crippen molar-refractivity contribution in [3.63, 3.8) is 0 Å². The Kier molecular flexibility index (Phi) is 4.11. The molecule has 1 aromatic heterocycles. The third kappa shape index (κ3) is 2.73. The predicted molar refractivity (Wildman–Crippen MR) is 66.7 cm³/mol. The maximum Gasteiger partial charge on any atom is 0.311 e. The number of likely N-dealkylation sites (N-methyl/N-ethyl adjacent to an activating group) is 1. The van der Waals surface area contributed by atoms with Gasteiger partial charge in [0.05, 0.1) is 19.3 Å². The lowest BCUT2D eigenvalue weighted by molar-refractivity contribution is -0.142. The highest BCUT2D eigenvalue weighted by Crippen LogP contribution is 2.21. The molecule has 0 aromatic carbocycles. The molecule has 1 aromatic rings. The average Bonchev–Trinajstić information content (AvgIpc) is 2.90. The molecule has 1 amide bonds. The second-order valence-electron chi connectivity index (χ2n) is 4.38. The fraction of sp³-hybridized carbons (Fsp3) is 0.462. The van der Waals surface area contributed by atoms with Crippen LogP contribution in [0.4, 0.5) is 0 Å². The van der Waals surface area contributed by atoms with Crippen molar-refractivity contribution in [1.29, 1.82) is 0 Å². The molecule has 6 nitrogen and oxygen atoms in total. The molecule has 2 rings (SSSR count). The normalized spacial score (nSPS) is 22.2. The Morgan fingerprint density at radius 2 is 2.11 bits per heavy atom. The molecular formula is C13H16N2O4. The lowest BCUT2D eigenvalue weighted by Crippen LogP contribution is -2.46. The Balaban J connectivity index is 2.20. The molecule has 0 saturated carbocycles. The summed E-state index contributed by atoms with van der Waals surface area (Å²) in [7, 11) is 0. The number of hydrogen-bond donors (Lipinski definition) is 1. The van der Waals surface area contributed by atoms with Crippen LogP contribution in [-0.4, -0.2) is 52.7 Å². The van der Waals surface area contributed by atoms with Crippen molar-refractivity contribution < 1.29 is 19.4 Å². The van der Waals surface area contributed by atoms with Crippen molar-refractivity contribution in [2.24, 2.45) is 5.92 Å². The van der Waals surface area contributed by atoms with Crippen LogP contribution in [0, 0.1) is 5.92 Å². The standard InChI is InChI=1S/C13H16N2O4/c1-2-15(11-8-19-7-10(11)13(17)18)12(16)9-3-5-14-6-4-9/h3-6,10-11H,2,7-8H2,1H3,(H,17,18). The summed E-state index contributed by atoms with van der Waals surface area (Å²) in [5.41, 5.74) is 0.507. The Morgan fingerprint density at radius 1 is 1.42 bits per heavy atom. The maximum atomic E-state index is 12.4. The van der Waals surface area contributed by atoms with Gasteiger partial charge in [0, 0.05) is 24.5 Å². The number of carboxylic acid groups (broad SMARTS) is 1. The lowest BCUT2D eigenvalue weighted by Gasteiger charge is -2.29. The van der Waals surface area contributed by atoms with Gasteiger partial charge in [-0.2, -0.15) is 0 Å². The van der Waals surface area contributed by atoms with Gasteiger partial charge in [0.1, 0.15) is 5.92 Å². The Bertz CT molecular complexity index is 463. The minimum Gasteiger partial charge on any atom is -0.481 e. The van der Waals surface area contributed by atoms with Crippen molar-refractivity contribution >= 4 is 11.9 Å². The number of hydrogen-bond acceptors (Lipinski definition) is 4.